The van der Waals surface area contributed by atoms with E-state index in [0.717, 1.165) is 26.5 Å². The van der Waals surface area contributed by atoms with Crippen LogP contribution in [0.2, 0.25) is 0 Å². The molecule has 0 aliphatic rings. The minimum atomic E-state index is -3.93. The highest BCUT2D eigenvalue weighted by Gasteiger charge is 2.09. The van der Waals surface area contributed by atoms with Gasteiger partial charge in [0, 0.05) is 0 Å². The minimum Gasteiger partial charge on any atom is -0.309 e. The first-order valence-electron chi connectivity index (χ1n) is 4.81. The van der Waals surface area contributed by atoms with Gasteiger partial charge in [-0.15, -0.1) is 0 Å². The van der Waals surface area contributed by atoms with Gasteiger partial charge in [0.25, 0.3) is 5.91 Å². The average molecular weight is 250 g/mol. The molecule has 0 aliphatic carbocycles. The molecule has 0 atom stereocenters. The Morgan fingerprint density at radius 1 is 1.44 bits per heavy atom. The second-order valence-electron chi connectivity index (χ2n) is 3.43. The Hall–Kier alpha value is -0.920. The molecule has 0 fully saturated rings. The maximum atomic E-state index is 11.0. The second-order valence-corrected chi connectivity index (χ2v) is 4.88. The molecule has 0 rings (SSSR count). The van der Waals surface area contributed by atoms with Crippen LogP contribution < -0.4 is 4.72 Å². The first-order chi connectivity index (χ1) is 7.37. The van der Waals surface area contributed by atoms with Crippen molar-refractivity contribution in [1.82, 2.24) is 9.62 Å². The van der Waals surface area contributed by atoms with Crippen molar-refractivity contribution in [3.05, 3.63) is 12.2 Å². The number of amides is 1. The van der Waals surface area contributed by atoms with E-state index in [1.165, 1.54) is 6.08 Å². The van der Waals surface area contributed by atoms with E-state index in [9.17, 15) is 13.2 Å². The molecule has 94 valence electrons. The van der Waals surface area contributed by atoms with Gasteiger partial charge >= 0.3 is 10.3 Å². The topological polar surface area (TPSA) is 75.7 Å². The lowest BCUT2D eigenvalue weighted by atomic mass is 10.3. The van der Waals surface area contributed by atoms with Gasteiger partial charge in [0.2, 0.25) is 0 Å². The normalized spacial score (nSPS) is 12.2. The third kappa shape index (κ3) is 8.39. The molecule has 1 N–H and O–H groups in total. The van der Waals surface area contributed by atoms with Crippen molar-refractivity contribution in [1.29, 1.82) is 0 Å². The zero-order valence-corrected chi connectivity index (χ0v) is 10.6. The summed E-state index contributed by atoms with van der Waals surface area (Å²) in [5.74, 6) is -0.702. The summed E-state index contributed by atoms with van der Waals surface area (Å²) in [5.41, 5.74) is 0. The first kappa shape index (κ1) is 15.1. The molecule has 1 amide bonds. The summed E-state index contributed by atoms with van der Waals surface area (Å²) in [4.78, 5) is 13.1. The molecular weight excluding hydrogens is 232 g/mol. The summed E-state index contributed by atoms with van der Waals surface area (Å²) < 4.78 is 27.4. The van der Waals surface area contributed by atoms with Gasteiger partial charge in [-0.2, -0.15) is 8.42 Å². The standard InChI is InChI=1S/C9H18N2O4S/c1-11(2)8-6-4-5-7-9(12)10-16(13,14)15-3/h5,7H,4,6,8H2,1-3H3,(H,10,12). The van der Waals surface area contributed by atoms with Crippen LogP contribution in [0.3, 0.4) is 0 Å². The predicted octanol–water partition coefficient (Wildman–Crippen LogP) is -0.108. The number of nitrogens with one attached hydrogen (secondary N) is 1. The fourth-order valence-corrected chi connectivity index (χ4v) is 1.31. The molecule has 0 aliphatic heterocycles. The van der Waals surface area contributed by atoms with Crippen LogP contribution in [0.1, 0.15) is 12.8 Å². The van der Waals surface area contributed by atoms with Crippen LogP contribution >= 0.6 is 0 Å². The third-order valence-corrected chi connectivity index (χ3v) is 2.58. The molecule has 0 saturated heterocycles. The second kappa shape index (κ2) is 7.37. The van der Waals surface area contributed by atoms with Gasteiger partial charge in [-0.05, 0) is 39.6 Å². The van der Waals surface area contributed by atoms with Crippen molar-refractivity contribution < 1.29 is 17.4 Å². The Morgan fingerprint density at radius 3 is 2.56 bits per heavy atom. The number of hydrogen-bond acceptors (Lipinski definition) is 5. The SMILES string of the molecule is COS(=O)(=O)NC(=O)C=CCCCN(C)C. The average Bonchev–Trinajstić information content (AvgIpc) is 2.16. The lowest BCUT2D eigenvalue weighted by Crippen LogP contribution is -2.29. The predicted molar refractivity (Wildman–Crippen MR) is 61.0 cm³/mol. The van der Waals surface area contributed by atoms with Gasteiger partial charge < -0.3 is 4.90 Å². The molecule has 0 unspecified atom stereocenters. The van der Waals surface area contributed by atoms with Crippen molar-refractivity contribution in [3.63, 3.8) is 0 Å². The summed E-state index contributed by atoms with van der Waals surface area (Å²) in [6.45, 7) is 0.919. The van der Waals surface area contributed by atoms with Crippen molar-refractivity contribution >= 4 is 16.2 Å². The fourth-order valence-electron chi connectivity index (χ4n) is 0.915. The molecule has 0 radical (unpaired) electrons. The van der Waals surface area contributed by atoms with E-state index in [0.29, 0.717) is 0 Å². The Morgan fingerprint density at radius 2 is 2.06 bits per heavy atom. The number of hydrogen-bond donors (Lipinski definition) is 1. The number of rotatable bonds is 7. The smallest absolute Gasteiger partial charge is 0.309 e. The Labute approximate surface area is 96.5 Å². The third-order valence-electron chi connectivity index (χ3n) is 1.69. The van der Waals surface area contributed by atoms with Crippen molar-refractivity contribution in [2.24, 2.45) is 0 Å². The summed E-state index contributed by atoms with van der Waals surface area (Å²) >= 11 is 0. The van der Waals surface area contributed by atoms with Crippen LogP contribution in [0.4, 0.5) is 0 Å². The van der Waals surface area contributed by atoms with Gasteiger partial charge in [0.1, 0.15) is 0 Å². The first-order valence-corrected chi connectivity index (χ1v) is 6.22. The number of nitrogens with zero attached hydrogens (tertiary/aromatic N) is 1. The minimum absolute atomic E-state index is 0.702. The fraction of sp³-hybridized carbons (Fsp3) is 0.667. The molecule has 6 nitrogen and oxygen atoms in total. The van der Waals surface area contributed by atoms with Gasteiger partial charge in [0.15, 0.2) is 0 Å². The quantitative estimate of drug-likeness (QED) is 0.504. The van der Waals surface area contributed by atoms with E-state index in [1.807, 2.05) is 19.0 Å². The van der Waals surface area contributed by atoms with Crippen LogP contribution in [-0.2, 0) is 19.3 Å². The molecule has 0 spiro atoms. The molecule has 0 aromatic heterocycles. The van der Waals surface area contributed by atoms with E-state index < -0.39 is 16.2 Å². The van der Waals surface area contributed by atoms with Gasteiger partial charge in [0.05, 0.1) is 7.11 Å². The van der Waals surface area contributed by atoms with E-state index in [2.05, 4.69) is 4.18 Å². The van der Waals surface area contributed by atoms with Crippen LogP contribution in [0.25, 0.3) is 0 Å². The van der Waals surface area contributed by atoms with E-state index in [4.69, 9.17) is 0 Å². The summed E-state index contributed by atoms with van der Waals surface area (Å²) in [7, 11) is 0.968. The monoisotopic (exact) mass is 250 g/mol. The van der Waals surface area contributed by atoms with E-state index in [1.54, 1.807) is 10.8 Å². The van der Waals surface area contributed by atoms with Crippen LogP contribution in [0.15, 0.2) is 12.2 Å². The summed E-state index contributed by atoms with van der Waals surface area (Å²) in [6.07, 6.45) is 4.45. The zero-order valence-electron chi connectivity index (χ0n) is 9.76. The number of carbonyl (C=O) groups is 1. The Kier molecular flexibility index (Phi) is 6.95. The van der Waals surface area contributed by atoms with Crippen molar-refractivity contribution in [2.75, 3.05) is 27.7 Å². The van der Waals surface area contributed by atoms with Crippen LogP contribution in [-0.4, -0.2) is 47.0 Å². The highest BCUT2D eigenvalue weighted by Crippen LogP contribution is 1.93. The molecule has 0 saturated carbocycles. The number of carbonyl (C=O) groups excluding carboxylic acids is 1. The largest absolute Gasteiger partial charge is 0.362 e. The van der Waals surface area contributed by atoms with E-state index >= 15 is 0 Å². The maximum Gasteiger partial charge on any atom is 0.362 e. The van der Waals surface area contributed by atoms with Crippen LogP contribution in [0.5, 0.6) is 0 Å². The molecule has 0 bridgehead atoms. The lowest BCUT2D eigenvalue weighted by molar-refractivity contribution is -0.115. The number of unbranched alkanes of at least 4 members (excludes halogenated alkanes) is 1. The molecule has 0 aromatic carbocycles. The molecule has 7 heteroatoms. The molecule has 0 heterocycles. The van der Waals surface area contributed by atoms with Gasteiger partial charge in [-0.25, -0.2) is 4.72 Å². The maximum absolute atomic E-state index is 11.0. The number of allylic oxidation sites excluding steroid dienone is 1. The summed E-state index contributed by atoms with van der Waals surface area (Å²) in [6, 6.07) is 0. The molecule has 16 heavy (non-hydrogen) atoms. The van der Waals surface area contributed by atoms with Gasteiger partial charge in [-0.1, -0.05) is 6.08 Å². The van der Waals surface area contributed by atoms with Gasteiger partial charge in [-0.3, -0.25) is 8.98 Å². The lowest BCUT2D eigenvalue weighted by Gasteiger charge is -2.06. The Balaban J connectivity index is 3.84. The Bertz CT molecular complexity index is 335. The van der Waals surface area contributed by atoms with Crippen LogP contribution in [0, 0.1) is 0 Å². The van der Waals surface area contributed by atoms with Crippen molar-refractivity contribution in [3.8, 4) is 0 Å². The van der Waals surface area contributed by atoms with Crippen molar-refractivity contribution in [2.45, 2.75) is 12.8 Å². The van der Waals surface area contributed by atoms with E-state index in [-0.39, 0.29) is 0 Å². The highest BCUT2D eigenvalue weighted by molar-refractivity contribution is 7.85. The molecule has 0 aromatic rings. The zero-order chi connectivity index (χ0) is 12.6. The molecular formula is C9H18N2O4S. The highest BCUT2D eigenvalue weighted by atomic mass is 32.2. The summed E-state index contributed by atoms with van der Waals surface area (Å²) in [5, 5.41) is 0.